The van der Waals surface area contributed by atoms with E-state index in [9.17, 15) is 9.90 Å². The topological polar surface area (TPSA) is 68.9 Å². The Balaban J connectivity index is 2.30. The highest BCUT2D eigenvalue weighted by atomic mass is 16.5. The molecule has 0 saturated heterocycles. The van der Waals surface area contributed by atoms with E-state index in [0.717, 1.165) is 0 Å². The van der Waals surface area contributed by atoms with Crippen LogP contribution in [-0.4, -0.2) is 19.3 Å². The summed E-state index contributed by atoms with van der Waals surface area (Å²) in [4.78, 5) is 12.4. The van der Waals surface area contributed by atoms with Crippen molar-refractivity contribution < 1.29 is 19.0 Å². The van der Waals surface area contributed by atoms with Gasteiger partial charge in [0.05, 0.1) is 14.2 Å². The molecule has 0 aliphatic heterocycles. The van der Waals surface area contributed by atoms with Crippen molar-refractivity contribution in [3.63, 3.8) is 0 Å². The van der Waals surface area contributed by atoms with E-state index in [4.69, 9.17) is 13.9 Å². The third-order valence-electron chi connectivity index (χ3n) is 3.35. The maximum absolute atomic E-state index is 12.4. The van der Waals surface area contributed by atoms with Gasteiger partial charge in [0, 0.05) is 23.8 Å². The number of fused-ring (bicyclic) bond motifs is 1. The van der Waals surface area contributed by atoms with E-state index >= 15 is 0 Å². The predicted octanol–water partition coefficient (Wildman–Crippen LogP) is 3.18. The molecule has 1 heterocycles. The number of benzene rings is 2. The van der Waals surface area contributed by atoms with Gasteiger partial charge in [0.2, 0.25) is 0 Å². The molecule has 0 aliphatic carbocycles. The van der Waals surface area contributed by atoms with Gasteiger partial charge in [-0.25, -0.2) is 0 Å². The zero-order valence-electron chi connectivity index (χ0n) is 12.1. The molecule has 5 heteroatoms. The summed E-state index contributed by atoms with van der Waals surface area (Å²) in [5.41, 5.74) is 0.752. The third-order valence-corrected chi connectivity index (χ3v) is 3.35. The molecular weight excluding hydrogens is 284 g/mol. The molecule has 0 amide bonds. The molecule has 2 aromatic carbocycles. The number of methoxy groups -OCH3 is 2. The van der Waals surface area contributed by atoms with E-state index in [-0.39, 0.29) is 11.2 Å². The van der Waals surface area contributed by atoms with Gasteiger partial charge in [-0.3, -0.25) is 4.79 Å². The SMILES string of the molecule is COc1cc(OC)c2c(=O)cc(-c3cccc(O)c3)oc2c1. The van der Waals surface area contributed by atoms with Gasteiger partial charge < -0.3 is 19.0 Å². The minimum Gasteiger partial charge on any atom is -0.508 e. The first-order valence-electron chi connectivity index (χ1n) is 6.61. The second-order valence-corrected chi connectivity index (χ2v) is 4.73. The van der Waals surface area contributed by atoms with Crippen LogP contribution in [0.1, 0.15) is 0 Å². The van der Waals surface area contributed by atoms with Crippen molar-refractivity contribution >= 4 is 11.0 Å². The summed E-state index contributed by atoms with van der Waals surface area (Å²) in [5.74, 6) is 1.39. The Morgan fingerprint density at radius 2 is 1.86 bits per heavy atom. The number of phenolic OH excluding ortho intramolecular Hbond substituents is 1. The molecule has 1 N–H and O–H groups in total. The van der Waals surface area contributed by atoms with Crippen LogP contribution in [-0.2, 0) is 0 Å². The summed E-state index contributed by atoms with van der Waals surface area (Å²) >= 11 is 0. The number of hydrogen-bond acceptors (Lipinski definition) is 5. The number of rotatable bonds is 3. The van der Waals surface area contributed by atoms with Gasteiger partial charge in [0.1, 0.15) is 34.0 Å². The molecule has 0 fully saturated rings. The largest absolute Gasteiger partial charge is 0.508 e. The molecule has 0 aliphatic rings. The van der Waals surface area contributed by atoms with Crippen molar-refractivity contribution in [2.24, 2.45) is 0 Å². The Hall–Kier alpha value is -2.95. The van der Waals surface area contributed by atoms with E-state index in [0.29, 0.717) is 33.8 Å². The van der Waals surface area contributed by atoms with Crippen molar-refractivity contribution in [1.82, 2.24) is 0 Å². The first-order valence-corrected chi connectivity index (χ1v) is 6.61. The monoisotopic (exact) mass is 298 g/mol. The number of aromatic hydroxyl groups is 1. The van der Waals surface area contributed by atoms with Crippen molar-refractivity contribution in [2.75, 3.05) is 14.2 Å². The number of hydrogen-bond donors (Lipinski definition) is 1. The van der Waals surface area contributed by atoms with Crippen molar-refractivity contribution in [2.45, 2.75) is 0 Å². The molecule has 0 saturated carbocycles. The molecule has 1 aromatic heterocycles. The summed E-state index contributed by atoms with van der Waals surface area (Å²) in [6.07, 6.45) is 0. The average molecular weight is 298 g/mol. The first-order chi connectivity index (χ1) is 10.6. The minimum atomic E-state index is -0.223. The summed E-state index contributed by atoms with van der Waals surface area (Å²) in [7, 11) is 3.01. The fraction of sp³-hybridized carbons (Fsp3) is 0.118. The van der Waals surface area contributed by atoms with Crippen LogP contribution in [0.25, 0.3) is 22.3 Å². The van der Waals surface area contributed by atoms with E-state index in [1.165, 1.54) is 26.4 Å². The van der Waals surface area contributed by atoms with Gasteiger partial charge >= 0.3 is 0 Å². The van der Waals surface area contributed by atoms with Crippen LogP contribution in [0.5, 0.6) is 17.2 Å². The second kappa shape index (κ2) is 5.44. The van der Waals surface area contributed by atoms with Crippen LogP contribution in [0.3, 0.4) is 0 Å². The van der Waals surface area contributed by atoms with Gasteiger partial charge in [0.25, 0.3) is 0 Å². The highest BCUT2D eigenvalue weighted by Crippen LogP contribution is 2.32. The van der Waals surface area contributed by atoms with Gasteiger partial charge in [-0.2, -0.15) is 0 Å². The van der Waals surface area contributed by atoms with Gasteiger partial charge in [-0.1, -0.05) is 12.1 Å². The third kappa shape index (κ3) is 2.37. The van der Waals surface area contributed by atoms with Crippen LogP contribution in [0.2, 0.25) is 0 Å². The summed E-state index contributed by atoms with van der Waals surface area (Å²) < 4.78 is 16.2. The maximum atomic E-state index is 12.4. The lowest BCUT2D eigenvalue weighted by Gasteiger charge is -2.09. The molecule has 0 bridgehead atoms. The van der Waals surface area contributed by atoms with E-state index in [1.54, 1.807) is 30.3 Å². The summed E-state index contributed by atoms with van der Waals surface area (Å²) in [5, 5.41) is 9.92. The zero-order chi connectivity index (χ0) is 15.7. The second-order valence-electron chi connectivity index (χ2n) is 4.73. The van der Waals surface area contributed by atoms with Crippen LogP contribution in [0.4, 0.5) is 0 Å². The highest BCUT2D eigenvalue weighted by Gasteiger charge is 2.13. The highest BCUT2D eigenvalue weighted by molar-refractivity contribution is 5.86. The normalized spacial score (nSPS) is 10.6. The van der Waals surface area contributed by atoms with E-state index < -0.39 is 0 Å². The molecule has 0 spiro atoms. The van der Waals surface area contributed by atoms with Crippen molar-refractivity contribution in [1.29, 1.82) is 0 Å². The lowest BCUT2D eigenvalue weighted by molar-refractivity contribution is 0.396. The minimum absolute atomic E-state index is 0.100. The molecule has 0 radical (unpaired) electrons. The lowest BCUT2D eigenvalue weighted by Crippen LogP contribution is -2.03. The fourth-order valence-electron chi connectivity index (χ4n) is 2.31. The quantitative estimate of drug-likeness (QED) is 0.804. The number of phenols is 1. The molecule has 22 heavy (non-hydrogen) atoms. The molecule has 3 aromatic rings. The summed E-state index contributed by atoms with van der Waals surface area (Å²) in [6, 6.07) is 11.2. The Bertz CT molecular complexity index is 895. The molecule has 3 rings (SSSR count). The smallest absolute Gasteiger partial charge is 0.197 e. The van der Waals surface area contributed by atoms with Gasteiger partial charge in [-0.15, -0.1) is 0 Å². The lowest BCUT2D eigenvalue weighted by atomic mass is 10.1. The molecule has 5 nitrogen and oxygen atoms in total. The summed E-state index contributed by atoms with van der Waals surface area (Å²) in [6.45, 7) is 0. The molecule has 0 unspecified atom stereocenters. The van der Waals surface area contributed by atoms with E-state index in [2.05, 4.69) is 0 Å². The molecular formula is C17H14O5. The van der Waals surface area contributed by atoms with Crippen LogP contribution in [0, 0.1) is 0 Å². The van der Waals surface area contributed by atoms with Crippen LogP contribution >= 0.6 is 0 Å². The Morgan fingerprint density at radius 1 is 1.05 bits per heavy atom. The molecule has 112 valence electrons. The van der Waals surface area contributed by atoms with Crippen LogP contribution in [0.15, 0.2) is 51.7 Å². The fourth-order valence-corrected chi connectivity index (χ4v) is 2.31. The zero-order valence-corrected chi connectivity index (χ0v) is 12.1. The van der Waals surface area contributed by atoms with E-state index in [1.807, 2.05) is 0 Å². The standard InChI is InChI=1S/C17H14O5/c1-20-12-7-15(21-2)17-13(19)9-14(22-16(17)8-12)10-4-3-5-11(18)6-10/h3-9,18H,1-2H3. The average Bonchev–Trinajstić information content (AvgIpc) is 2.53. The van der Waals surface area contributed by atoms with Crippen molar-refractivity contribution in [3.8, 4) is 28.6 Å². The Kier molecular flexibility index (Phi) is 3.47. The van der Waals surface area contributed by atoms with Gasteiger partial charge in [-0.05, 0) is 12.1 Å². The van der Waals surface area contributed by atoms with Crippen molar-refractivity contribution in [3.05, 3.63) is 52.7 Å². The number of ether oxygens (including phenoxy) is 2. The molecule has 0 atom stereocenters. The Labute approximate surface area is 126 Å². The predicted molar refractivity (Wildman–Crippen MR) is 82.7 cm³/mol. The van der Waals surface area contributed by atoms with Gasteiger partial charge in [0.15, 0.2) is 5.43 Å². The van der Waals surface area contributed by atoms with Crippen LogP contribution < -0.4 is 14.9 Å². The Morgan fingerprint density at radius 3 is 2.55 bits per heavy atom. The maximum Gasteiger partial charge on any atom is 0.197 e. The first kappa shape index (κ1) is 14.0.